The van der Waals surface area contributed by atoms with Gasteiger partial charge in [-0.15, -0.1) is 0 Å². The molecule has 2 rings (SSSR count). The Morgan fingerprint density at radius 3 is 2.83 bits per heavy atom. The number of halogens is 1. The minimum Gasteiger partial charge on any atom is -0.323 e. The summed E-state index contributed by atoms with van der Waals surface area (Å²) in [6.07, 6.45) is 3.45. The summed E-state index contributed by atoms with van der Waals surface area (Å²) in [7, 11) is 1.87. The molecule has 0 saturated carbocycles. The minimum atomic E-state index is -0.0782. The Morgan fingerprint density at radius 2 is 2.22 bits per heavy atom. The molecule has 0 fully saturated rings. The molecule has 0 radical (unpaired) electrons. The van der Waals surface area contributed by atoms with Gasteiger partial charge in [0.1, 0.15) is 0 Å². The summed E-state index contributed by atoms with van der Waals surface area (Å²) >= 11 is 6.08. The first-order chi connectivity index (χ1) is 8.58. The maximum atomic E-state index is 6.18. The van der Waals surface area contributed by atoms with Gasteiger partial charge in [-0.1, -0.05) is 41.4 Å². The maximum absolute atomic E-state index is 6.18. The van der Waals surface area contributed by atoms with E-state index >= 15 is 0 Å². The molecular formula is C14H18ClN3. The highest BCUT2D eigenvalue weighted by molar-refractivity contribution is 6.31. The van der Waals surface area contributed by atoms with Crippen LogP contribution in [0.1, 0.15) is 29.3 Å². The summed E-state index contributed by atoms with van der Waals surface area (Å²) in [6, 6.07) is 8.42. The average Bonchev–Trinajstić information content (AvgIpc) is 2.66. The lowest BCUT2D eigenvalue weighted by molar-refractivity contribution is 0.582. The molecule has 3 nitrogen and oxygen atoms in total. The molecule has 2 N–H and O–H groups in total. The lowest BCUT2D eigenvalue weighted by Crippen LogP contribution is -2.16. The fourth-order valence-corrected chi connectivity index (χ4v) is 2.47. The summed E-state index contributed by atoms with van der Waals surface area (Å²) in [5.74, 6) is 0. The van der Waals surface area contributed by atoms with Gasteiger partial charge in [-0.3, -0.25) is 4.68 Å². The van der Waals surface area contributed by atoms with Crippen molar-refractivity contribution < 1.29 is 0 Å². The molecule has 0 spiro atoms. The van der Waals surface area contributed by atoms with E-state index in [1.807, 2.05) is 7.05 Å². The smallest absolute Gasteiger partial charge is 0.0833 e. The SMILES string of the molecule is Cc1cccc(CCC(N)c2c(Cl)cnn2C)c1. The predicted molar refractivity (Wildman–Crippen MR) is 74.6 cm³/mol. The molecule has 18 heavy (non-hydrogen) atoms. The van der Waals surface area contributed by atoms with Crippen molar-refractivity contribution in [2.75, 3.05) is 0 Å². The van der Waals surface area contributed by atoms with Crippen LogP contribution in [0.15, 0.2) is 30.5 Å². The lowest BCUT2D eigenvalue weighted by atomic mass is 10.0. The van der Waals surface area contributed by atoms with E-state index in [0.29, 0.717) is 5.02 Å². The van der Waals surface area contributed by atoms with Crippen LogP contribution in [0, 0.1) is 6.92 Å². The number of benzene rings is 1. The van der Waals surface area contributed by atoms with Crippen molar-refractivity contribution in [2.45, 2.75) is 25.8 Å². The van der Waals surface area contributed by atoms with Crippen LogP contribution in [-0.2, 0) is 13.5 Å². The molecule has 0 amide bonds. The van der Waals surface area contributed by atoms with Gasteiger partial charge in [-0.2, -0.15) is 5.10 Å². The van der Waals surface area contributed by atoms with Crippen LogP contribution < -0.4 is 5.73 Å². The van der Waals surface area contributed by atoms with E-state index in [-0.39, 0.29) is 6.04 Å². The van der Waals surface area contributed by atoms with E-state index in [4.69, 9.17) is 17.3 Å². The van der Waals surface area contributed by atoms with Crippen molar-refractivity contribution in [1.82, 2.24) is 9.78 Å². The standard InChI is InChI=1S/C14H18ClN3/c1-10-4-3-5-11(8-10)6-7-13(16)14-12(15)9-17-18(14)2/h3-5,8-9,13H,6-7,16H2,1-2H3. The van der Waals surface area contributed by atoms with Gasteiger partial charge in [0.25, 0.3) is 0 Å². The molecule has 1 atom stereocenters. The summed E-state index contributed by atoms with van der Waals surface area (Å²) in [5.41, 5.74) is 9.67. The molecule has 96 valence electrons. The van der Waals surface area contributed by atoms with Crippen LogP contribution in [-0.4, -0.2) is 9.78 Å². The van der Waals surface area contributed by atoms with E-state index in [1.54, 1.807) is 10.9 Å². The summed E-state index contributed by atoms with van der Waals surface area (Å²) < 4.78 is 1.75. The largest absolute Gasteiger partial charge is 0.323 e. The van der Waals surface area contributed by atoms with E-state index in [1.165, 1.54) is 11.1 Å². The van der Waals surface area contributed by atoms with Crippen LogP contribution in [0.25, 0.3) is 0 Å². The van der Waals surface area contributed by atoms with Gasteiger partial charge in [0.15, 0.2) is 0 Å². The van der Waals surface area contributed by atoms with E-state index in [9.17, 15) is 0 Å². The molecule has 1 unspecified atom stereocenters. The summed E-state index contributed by atoms with van der Waals surface area (Å²) in [4.78, 5) is 0. The predicted octanol–water partition coefficient (Wildman–Crippen LogP) is 3.01. The van der Waals surface area contributed by atoms with Crippen molar-refractivity contribution in [3.05, 3.63) is 52.3 Å². The second kappa shape index (κ2) is 5.55. The van der Waals surface area contributed by atoms with E-state index in [2.05, 4.69) is 36.3 Å². The fourth-order valence-electron chi connectivity index (χ4n) is 2.16. The van der Waals surface area contributed by atoms with Crippen molar-refractivity contribution >= 4 is 11.6 Å². The maximum Gasteiger partial charge on any atom is 0.0833 e. The van der Waals surface area contributed by atoms with Gasteiger partial charge >= 0.3 is 0 Å². The zero-order valence-corrected chi connectivity index (χ0v) is 11.5. The summed E-state index contributed by atoms with van der Waals surface area (Å²) in [6.45, 7) is 2.10. The molecule has 2 aromatic rings. The van der Waals surface area contributed by atoms with Gasteiger partial charge in [0.2, 0.25) is 0 Å². The van der Waals surface area contributed by atoms with Gasteiger partial charge in [-0.25, -0.2) is 0 Å². The molecule has 0 aliphatic rings. The Balaban J connectivity index is 2.03. The van der Waals surface area contributed by atoms with Crippen LogP contribution in [0.2, 0.25) is 5.02 Å². The van der Waals surface area contributed by atoms with Crippen molar-refractivity contribution in [3.8, 4) is 0 Å². The molecule has 0 bridgehead atoms. The molecule has 1 aromatic heterocycles. The fraction of sp³-hybridized carbons (Fsp3) is 0.357. The van der Waals surface area contributed by atoms with Gasteiger partial charge in [-0.05, 0) is 25.3 Å². The zero-order chi connectivity index (χ0) is 13.1. The third-order valence-electron chi connectivity index (χ3n) is 3.12. The van der Waals surface area contributed by atoms with E-state index in [0.717, 1.165) is 18.5 Å². The Labute approximate surface area is 113 Å². The number of hydrogen-bond donors (Lipinski definition) is 1. The number of hydrogen-bond acceptors (Lipinski definition) is 2. The quantitative estimate of drug-likeness (QED) is 0.922. The minimum absolute atomic E-state index is 0.0782. The van der Waals surface area contributed by atoms with Crippen molar-refractivity contribution in [3.63, 3.8) is 0 Å². The molecule has 0 saturated heterocycles. The third-order valence-corrected chi connectivity index (χ3v) is 3.41. The van der Waals surface area contributed by atoms with Crippen LogP contribution in [0.3, 0.4) is 0 Å². The van der Waals surface area contributed by atoms with Crippen LogP contribution in [0.4, 0.5) is 0 Å². The Bertz CT molecular complexity index is 514. The highest BCUT2D eigenvalue weighted by atomic mass is 35.5. The highest BCUT2D eigenvalue weighted by Crippen LogP contribution is 2.23. The number of aromatic nitrogens is 2. The first-order valence-electron chi connectivity index (χ1n) is 6.06. The Hall–Kier alpha value is -1.32. The van der Waals surface area contributed by atoms with Crippen LogP contribution >= 0.6 is 11.6 Å². The topological polar surface area (TPSA) is 43.8 Å². The van der Waals surface area contributed by atoms with Crippen LogP contribution in [0.5, 0.6) is 0 Å². The second-order valence-corrected chi connectivity index (χ2v) is 5.04. The average molecular weight is 264 g/mol. The first kappa shape index (κ1) is 13.1. The number of rotatable bonds is 4. The zero-order valence-electron chi connectivity index (χ0n) is 10.7. The Kier molecular flexibility index (Phi) is 4.04. The van der Waals surface area contributed by atoms with Gasteiger partial charge in [0.05, 0.1) is 16.9 Å². The molecule has 0 aliphatic carbocycles. The van der Waals surface area contributed by atoms with Crippen molar-refractivity contribution in [1.29, 1.82) is 0 Å². The monoisotopic (exact) mass is 263 g/mol. The molecule has 0 aliphatic heterocycles. The Morgan fingerprint density at radius 1 is 1.44 bits per heavy atom. The molecular weight excluding hydrogens is 246 g/mol. The number of aryl methyl sites for hydroxylation is 3. The highest BCUT2D eigenvalue weighted by Gasteiger charge is 2.14. The van der Waals surface area contributed by atoms with Crippen molar-refractivity contribution in [2.24, 2.45) is 12.8 Å². The first-order valence-corrected chi connectivity index (χ1v) is 6.44. The normalized spacial score (nSPS) is 12.7. The van der Waals surface area contributed by atoms with Gasteiger partial charge < -0.3 is 5.73 Å². The molecule has 1 aromatic carbocycles. The lowest BCUT2D eigenvalue weighted by Gasteiger charge is -2.13. The second-order valence-electron chi connectivity index (χ2n) is 4.64. The third kappa shape index (κ3) is 2.92. The van der Waals surface area contributed by atoms with E-state index < -0.39 is 0 Å². The number of nitrogens with zero attached hydrogens (tertiary/aromatic N) is 2. The molecule has 4 heteroatoms. The summed E-state index contributed by atoms with van der Waals surface area (Å²) in [5, 5.41) is 4.76. The van der Waals surface area contributed by atoms with Gasteiger partial charge in [0, 0.05) is 13.1 Å². The number of nitrogens with two attached hydrogens (primary N) is 1. The molecule has 1 heterocycles.